The second kappa shape index (κ2) is 12.8. The van der Waals surface area contributed by atoms with E-state index >= 15 is 0 Å². The van der Waals surface area contributed by atoms with Crippen LogP contribution in [-0.4, -0.2) is 48.6 Å². The fourth-order valence-corrected chi connectivity index (χ4v) is 2.33. The first kappa shape index (κ1) is 25.5. The molecule has 1 heterocycles. The summed E-state index contributed by atoms with van der Waals surface area (Å²) < 4.78 is 5.00. The van der Waals surface area contributed by atoms with E-state index in [-0.39, 0.29) is 61.6 Å². The van der Waals surface area contributed by atoms with E-state index in [0.29, 0.717) is 5.56 Å². The summed E-state index contributed by atoms with van der Waals surface area (Å²) in [5.41, 5.74) is 6.20. The molecule has 2 amide bonds. The summed E-state index contributed by atoms with van der Waals surface area (Å²) in [6.07, 6.45) is 0.195. The van der Waals surface area contributed by atoms with Crippen molar-refractivity contribution in [1.82, 2.24) is 10.6 Å². The highest BCUT2D eigenvalue weighted by Crippen LogP contribution is 2.12. The molecule has 0 saturated carbocycles. The Balaban J connectivity index is 0.00000364. The van der Waals surface area contributed by atoms with E-state index in [0.717, 1.165) is 24.8 Å². The third-order valence-corrected chi connectivity index (χ3v) is 3.68. The summed E-state index contributed by atoms with van der Waals surface area (Å²) in [5.74, 6) is -0.201. The normalized spacial score (nSPS) is 15.7. The van der Waals surface area contributed by atoms with Crippen LogP contribution in [0.25, 0.3) is 0 Å². The number of rotatable bonds is 6. The van der Waals surface area contributed by atoms with E-state index in [1.165, 1.54) is 24.3 Å². The van der Waals surface area contributed by atoms with Gasteiger partial charge in [-0.05, 0) is 30.7 Å². The number of amides is 2. The number of carbonyl (C=O) groups excluding carboxylic acids is 2. The monoisotopic (exact) mass is 436 g/mol. The maximum atomic E-state index is 11.7. The van der Waals surface area contributed by atoms with Crippen LogP contribution < -0.4 is 51.5 Å². The molecular weight excluding hydrogens is 415 g/mol. The van der Waals surface area contributed by atoms with Crippen LogP contribution in [0.2, 0.25) is 0 Å². The lowest BCUT2D eigenvalue weighted by atomic mass is 10.2. The zero-order chi connectivity index (χ0) is 18.9. The Bertz CT molecular complexity index is 695. The molecule has 1 aromatic carbocycles. The first-order chi connectivity index (χ1) is 12.4. The van der Waals surface area contributed by atoms with E-state index < -0.39 is 11.0 Å². The molecule has 1 aliphatic rings. The van der Waals surface area contributed by atoms with Crippen LogP contribution in [-0.2, 0) is 16.1 Å². The topological polar surface area (TPSA) is 167 Å². The Kier molecular flexibility index (Phi) is 11.7. The average Bonchev–Trinajstić information content (AvgIpc) is 3.11. The number of halogens is 2. The summed E-state index contributed by atoms with van der Waals surface area (Å²) in [6.45, 7) is 1.53. The Labute approximate surface area is 173 Å². The number of non-ortho nitro benzene ring substituents is 1. The maximum Gasteiger partial charge on any atom is 0.524 e. The number of ether oxygens (including phenoxy) is 1. The maximum absolute atomic E-state index is 11.7. The Morgan fingerprint density at radius 2 is 2.04 bits per heavy atom. The van der Waals surface area contributed by atoms with Gasteiger partial charge in [0.25, 0.3) is 11.6 Å². The Morgan fingerprint density at radius 3 is 2.61 bits per heavy atom. The molecule has 1 atom stereocenters. The summed E-state index contributed by atoms with van der Waals surface area (Å²) in [6, 6.07) is 5.76. The van der Waals surface area contributed by atoms with Crippen LogP contribution in [0.4, 0.5) is 10.5 Å². The summed E-state index contributed by atoms with van der Waals surface area (Å²) in [4.78, 5) is 36.1. The molecule has 7 N–H and O–H groups in total. The number of quaternary nitrogens is 1. The molecule has 1 fully saturated rings. The van der Waals surface area contributed by atoms with Crippen molar-refractivity contribution in [2.24, 2.45) is 5.73 Å². The van der Waals surface area contributed by atoms with Gasteiger partial charge < -0.3 is 40.2 Å². The number of benzene rings is 1. The van der Waals surface area contributed by atoms with Crippen LogP contribution in [0.3, 0.4) is 0 Å². The molecule has 2 rings (SSSR count). The van der Waals surface area contributed by atoms with Crippen molar-refractivity contribution in [1.29, 1.82) is 0 Å². The number of nitrogens with two attached hydrogens (primary N) is 2. The van der Waals surface area contributed by atoms with Gasteiger partial charge in [0.1, 0.15) is 6.61 Å². The third kappa shape index (κ3) is 8.95. The molecule has 13 heteroatoms. The SMILES string of the molecule is NC(=[NH+]CC(=O)N[C@H]1CCNC1)[NH2+]C(=O)OCc1ccc([N+](=O)[O-])cc1.[Cl-].[Cl-]. The lowest BCUT2D eigenvalue weighted by Crippen LogP contribution is -3.05. The quantitative estimate of drug-likeness (QED) is 0.128. The molecule has 11 nitrogen and oxygen atoms in total. The van der Waals surface area contributed by atoms with Crippen molar-refractivity contribution in [2.45, 2.75) is 19.1 Å². The standard InChI is InChI=1S/C15H20N6O5.2ClH/c16-14(18-8-13(22)19-11-5-6-17-7-11)20-15(23)26-9-10-1-3-12(4-2-10)21(24)25;;/h1-4,11,17H,5-9H2,(H,19,22)(H3,16,18,20,23);2*1H/t11-;;/m0../s1. The highest BCUT2D eigenvalue weighted by molar-refractivity contribution is 5.78. The second-order valence-electron chi connectivity index (χ2n) is 5.74. The molecule has 156 valence electrons. The molecule has 0 bridgehead atoms. The number of hydrogen-bond donors (Lipinski definition) is 5. The highest BCUT2D eigenvalue weighted by Gasteiger charge is 2.19. The number of carbonyl (C=O) groups is 2. The predicted molar refractivity (Wildman–Crippen MR) is 89.6 cm³/mol. The van der Waals surface area contributed by atoms with Crippen molar-refractivity contribution in [3.63, 3.8) is 0 Å². The summed E-state index contributed by atoms with van der Waals surface area (Å²) >= 11 is 0. The van der Waals surface area contributed by atoms with Gasteiger partial charge in [-0.25, -0.2) is 10.7 Å². The summed E-state index contributed by atoms with van der Waals surface area (Å²) in [7, 11) is 0. The smallest absolute Gasteiger partial charge is 0.524 e. The van der Waals surface area contributed by atoms with Gasteiger partial charge in [-0.3, -0.25) is 14.9 Å². The molecule has 0 aromatic heterocycles. The van der Waals surface area contributed by atoms with Gasteiger partial charge in [-0.15, -0.1) is 5.32 Å². The average molecular weight is 437 g/mol. The Hall–Kier alpha value is -2.47. The molecule has 1 aromatic rings. The predicted octanol–water partition coefficient (Wildman–Crippen LogP) is -9.32. The summed E-state index contributed by atoms with van der Waals surface area (Å²) in [5, 5.41) is 17.6. The van der Waals surface area contributed by atoms with Gasteiger partial charge in [0.15, 0.2) is 6.54 Å². The number of nitrogens with zero attached hydrogens (tertiary/aromatic N) is 1. The van der Waals surface area contributed by atoms with Crippen LogP contribution in [0, 0.1) is 10.1 Å². The van der Waals surface area contributed by atoms with Crippen LogP contribution >= 0.6 is 0 Å². The number of nitro groups is 1. The lowest BCUT2D eigenvalue weighted by molar-refractivity contribution is -0.558. The van der Waals surface area contributed by atoms with E-state index in [4.69, 9.17) is 10.5 Å². The molecular formula is C15H22Cl2N6O5. The first-order valence-corrected chi connectivity index (χ1v) is 8.05. The van der Waals surface area contributed by atoms with Crippen molar-refractivity contribution >= 4 is 23.6 Å². The molecule has 1 saturated heterocycles. The van der Waals surface area contributed by atoms with Crippen molar-refractivity contribution < 1.29 is 54.4 Å². The number of hydrogen-bond acceptors (Lipinski definition) is 6. The van der Waals surface area contributed by atoms with Crippen LogP contribution in [0.15, 0.2) is 24.3 Å². The van der Waals surface area contributed by atoms with Crippen LogP contribution in [0.1, 0.15) is 12.0 Å². The molecule has 0 spiro atoms. The zero-order valence-corrected chi connectivity index (χ0v) is 16.3. The van der Waals surface area contributed by atoms with E-state index in [1.807, 2.05) is 0 Å². The van der Waals surface area contributed by atoms with Crippen LogP contribution in [0.5, 0.6) is 0 Å². The van der Waals surface area contributed by atoms with Gasteiger partial charge in [-0.1, -0.05) is 0 Å². The van der Waals surface area contributed by atoms with E-state index in [9.17, 15) is 19.7 Å². The zero-order valence-electron chi connectivity index (χ0n) is 14.8. The minimum atomic E-state index is -0.686. The number of nitrogens with one attached hydrogen (secondary N) is 3. The first-order valence-electron chi connectivity index (χ1n) is 8.05. The Morgan fingerprint density at radius 1 is 1.36 bits per heavy atom. The fourth-order valence-electron chi connectivity index (χ4n) is 2.33. The molecule has 0 unspecified atom stereocenters. The third-order valence-electron chi connectivity index (χ3n) is 3.68. The number of nitro benzene ring substituents is 1. The van der Waals surface area contributed by atoms with E-state index in [1.54, 1.807) is 0 Å². The largest absolute Gasteiger partial charge is 1.00 e. The lowest BCUT2D eigenvalue weighted by Gasteiger charge is -2.08. The highest BCUT2D eigenvalue weighted by atomic mass is 35.5. The minimum absolute atomic E-state index is 0. The van der Waals surface area contributed by atoms with Crippen molar-refractivity contribution in [3.8, 4) is 0 Å². The fraction of sp³-hybridized carbons (Fsp3) is 0.400. The van der Waals surface area contributed by atoms with Crippen molar-refractivity contribution in [2.75, 3.05) is 19.6 Å². The molecule has 28 heavy (non-hydrogen) atoms. The van der Waals surface area contributed by atoms with Gasteiger partial charge >= 0.3 is 12.1 Å². The molecule has 0 radical (unpaired) electrons. The molecule has 0 aliphatic carbocycles. The van der Waals surface area contributed by atoms with E-state index in [2.05, 4.69) is 15.6 Å². The molecule has 1 aliphatic heterocycles. The van der Waals surface area contributed by atoms with Gasteiger partial charge in [0, 0.05) is 24.7 Å². The second-order valence-corrected chi connectivity index (χ2v) is 5.74. The van der Waals surface area contributed by atoms with Gasteiger partial charge in [-0.2, -0.15) is 4.79 Å². The minimum Gasteiger partial charge on any atom is -1.00 e. The van der Waals surface area contributed by atoms with Gasteiger partial charge in [0.05, 0.1) is 4.92 Å². The van der Waals surface area contributed by atoms with Gasteiger partial charge in [0.2, 0.25) is 0 Å². The van der Waals surface area contributed by atoms with Crippen molar-refractivity contribution in [3.05, 3.63) is 39.9 Å². The number of guanidine groups is 1. The number of primary amides is 1.